The maximum atomic E-state index is 13.7. The Morgan fingerprint density at radius 3 is 2.76 bits per heavy atom. The Labute approximate surface area is 195 Å². The van der Waals surface area contributed by atoms with E-state index in [-0.39, 0.29) is 11.8 Å². The number of hydrogen-bond acceptors (Lipinski definition) is 5. The van der Waals surface area contributed by atoms with Crippen molar-refractivity contribution >= 4 is 22.2 Å². The molecule has 1 N–H and O–H groups in total. The lowest BCUT2D eigenvalue weighted by molar-refractivity contribution is -0.0935. The summed E-state index contributed by atoms with van der Waals surface area (Å²) in [6.07, 6.45) is 3.58. The standard InChI is InChI=1S/C26H25N5O3/c1-16-20-8-9-27-24(20)28-13-22(16)21-12-23-25(29-17(21)2)31(18-6-4-3-5-7-18)26(32)30(23)14-19-15-33-10-11-34-19/h3-9,12-13,19H,10-11,14-15H2,1-2H3,(H,27,28)/t19-/m0/s1. The summed E-state index contributed by atoms with van der Waals surface area (Å²) < 4.78 is 14.9. The number of imidazole rings is 1. The first-order chi connectivity index (χ1) is 16.6. The van der Waals surface area contributed by atoms with Crippen LogP contribution in [0.4, 0.5) is 0 Å². The summed E-state index contributed by atoms with van der Waals surface area (Å²) in [6.45, 7) is 6.03. The van der Waals surface area contributed by atoms with Gasteiger partial charge in [0.05, 0.1) is 43.7 Å². The van der Waals surface area contributed by atoms with Crippen molar-refractivity contribution in [1.82, 2.24) is 24.1 Å². The van der Waals surface area contributed by atoms with E-state index in [1.165, 1.54) is 0 Å². The number of H-pyrrole nitrogens is 1. The number of pyridine rings is 2. The van der Waals surface area contributed by atoms with Crippen LogP contribution in [0.3, 0.4) is 0 Å². The van der Waals surface area contributed by atoms with E-state index in [4.69, 9.17) is 14.5 Å². The second-order valence-electron chi connectivity index (χ2n) is 8.63. The van der Waals surface area contributed by atoms with E-state index in [0.29, 0.717) is 32.0 Å². The summed E-state index contributed by atoms with van der Waals surface area (Å²) >= 11 is 0. The number of para-hydroxylation sites is 1. The van der Waals surface area contributed by atoms with Crippen molar-refractivity contribution in [3.63, 3.8) is 0 Å². The fourth-order valence-corrected chi connectivity index (χ4v) is 4.78. The molecule has 34 heavy (non-hydrogen) atoms. The number of fused-ring (bicyclic) bond motifs is 2. The molecule has 0 saturated carbocycles. The summed E-state index contributed by atoms with van der Waals surface area (Å²) in [5.41, 5.74) is 6.80. The lowest BCUT2D eigenvalue weighted by Crippen LogP contribution is -2.35. The molecule has 0 bridgehead atoms. The molecular formula is C26H25N5O3. The largest absolute Gasteiger partial charge is 0.376 e. The van der Waals surface area contributed by atoms with Gasteiger partial charge in [0, 0.05) is 34.6 Å². The van der Waals surface area contributed by atoms with Crippen molar-refractivity contribution < 1.29 is 9.47 Å². The number of nitrogens with zero attached hydrogens (tertiary/aromatic N) is 4. The topological polar surface area (TPSA) is 87.0 Å². The van der Waals surface area contributed by atoms with Crippen molar-refractivity contribution in [1.29, 1.82) is 0 Å². The molecule has 1 aliphatic heterocycles. The van der Waals surface area contributed by atoms with Gasteiger partial charge in [0.25, 0.3) is 0 Å². The quantitative estimate of drug-likeness (QED) is 0.446. The predicted molar refractivity (Wildman–Crippen MR) is 130 cm³/mol. The Morgan fingerprint density at radius 2 is 1.97 bits per heavy atom. The molecule has 4 aromatic heterocycles. The first-order valence-corrected chi connectivity index (χ1v) is 11.4. The molecule has 1 aliphatic rings. The Hall–Kier alpha value is -3.75. The van der Waals surface area contributed by atoms with Crippen molar-refractivity contribution in [2.75, 3.05) is 19.8 Å². The highest BCUT2D eigenvalue weighted by Crippen LogP contribution is 2.32. The number of aromatic nitrogens is 5. The van der Waals surface area contributed by atoms with Gasteiger partial charge in [-0.2, -0.15) is 0 Å². The van der Waals surface area contributed by atoms with Crippen LogP contribution in [0.2, 0.25) is 0 Å². The van der Waals surface area contributed by atoms with E-state index >= 15 is 0 Å². The monoisotopic (exact) mass is 455 g/mol. The molecule has 0 unspecified atom stereocenters. The van der Waals surface area contributed by atoms with Crippen LogP contribution in [-0.4, -0.2) is 50.0 Å². The van der Waals surface area contributed by atoms with Crippen LogP contribution in [0.15, 0.2) is 59.7 Å². The number of aromatic amines is 1. The summed E-state index contributed by atoms with van der Waals surface area (Å²) in [5.74, 6) is 0. The van der Waals surface area contributed by atoms with E-state index in [2.05, 4.69) is 23.0 Å². The third-order valence-corrected chi connectivity index (χ3v) is 6.53. The number of aryl methyl sites for hydroxylation is 2. The Bertz CT molecular complexity index is 1560. The van der Waals surface area contributed by atoms with Crippen molar-refractivity contribution in [2.24, 2.45) is 0 Å². The minimum absolute atomic E-state index is 0.143. The molecule has 172 valence electrons. The zero-order valence-corrected chi connectivity index (χ0v) is 19.1. The highest BCUT2D eigenvalue weighted by Gasteiger charge is 2.23. The second kappa shape index (κ2) is 8.23. The molecule has 1 saturated heterocycles. The van der Waals surface area contributed by atoms with Gasteiger partial charge in [0.1, 0.15) is 5.65 Å². The fraction of sp³-hybridized carbons (Fsp3) is 0.269. The average Bonchev–Trinajstić information content (AvgIpc) is 3.44. The van der Waals surface area contributed by atoms with Gasteiger partial charge >= 0.3 is 5.69 Å². The second-order valence-corrected chi connectivity index (χ2v) is 8.63. The lowest BCUT2D eigenvalue weighted by Gasteiger charge is -2.23. The third kappa shape index (κ3) is 3.34. The van der Waals surface area contributed by atoms with E-state index in [9.17, 15) is 4.79 Å². The first kappa shape index (κ1) is 20.8. The Kier molecular flexibility index (Phi) is 5.04. The molecule has 1 atom stereocenters. The number of benzene rings is 1. The average molecular weight is 456 g/mol. The van der Waals surface area contributed by atoms with Crippen LogP contribution >= 0.6 is 0 Å². The van der Waals surface area contributed by atoms with Crippen LogP contribution in [0.1, 0.15) is 11.3 Å². The molecule has 0 amide bonds. The van der Waals surface area contributed by atoms with Crippen molar-refractivity contribution in [3.05, 3.63) is 76.6 Å². The minimum Gasteiger partial charge on any atom is -0.376 e. The Balaban J connectivity index is 1.59. The van der Waals surface area contributed by atoms with Gasteiger partial charge in [-0.25, -0.2) is 19.3 Å². The summed E-state index contributed by atoms with van der Waals surface area (Å²) in [5, 5.41) is 1.07. The van der Waals surface area contributed by atoms with Gasteiger partial charge < -0.3 is 14.5 Å². The zero-order chi connectivity index (χ0) is 23.2. The van der Waals surface area contributed by atoms with Gasteiger partial charge in [0.15, 0.2) is 5.65 Å². The molecule has 5 aromatic rings. The van der Waals surface area contributed by atoms with E-state index in [0.717, 1.165) is 44.6 Å². The first-order valence-electron chi connectivity index (χ1n) is 11.4. The maximum Gasteiger partial charge on any atom is 0.335 e. The minimum atomic E-state index is -0.189. The molecular weight excluding hydrogens is 430 g/mol. The third-order valence-electron chi connectivity index (χ3n) is 6.53. The number of ether oxygens (including phenoxy) is 2. The fourth-order valence-electron chi connectivity index (χ4n) is 4.78. The molecule has 1 fully saturated rings. The number of nitrogens with one attached hydrogen (secondary N) is 1. The van der Waals surface area contributed by atoms with Crippen LogP contribution in [-0.2, 0) is 16.0 Å². The lowest BCUT2D eigenvalue weighted by atomic mass is 9.99. The molecule has 0 radical (unpaired) electrons. The SMILES string of the molecule is Cc1nc2c(cc1-c1cnc3[nH]ccc3c1C)n(C[C@H]1COCCO1)c(=O)n2-c1ccccc1. The maximum absolute atomic E-state index is 13.7. The van der Waals surface area contributed by atoms with Crippen molar-refractivity contribution in [2.45, 2.75) is 26.5 Å². The van der Waals surface area contributed by atoms with Crippen LogP contribution in [0, 0.1) is 13.8 Å². The van der Waals surface area contributed by atoms with E-state index in [1.807, 2.05) is 55.7 Å². The van der Waals surface area contributed by atoms with Gasteiger partial charge in [-0.1, -0.05) is 18.2 Å². The summed E-state index contributed by atoms with van der Waals surface area (Å²) in [4.78, 5) is 26.4. The van der Waals surface area contributed by atoms with E-state index < -0.39 is 0 Å². The van der Waals surface area contributed by atoms with Crippen LogP contribution < -0.4 is 5.69 Å². The molecule has 1 aromatic carbocycles. The highest BCUT2D eigenvalue weighted by molar-refractivity contribution is 5.89. The summed E-state index contributed by atoms with van der Waals surface area (Å²) in [6, 6.07) is 13.7. The molecule has 0 spiro atoms. The van der Waals surface area contributed by atoms with Crippen molar-refractivity contribution in [3.8, 4) is 16.8 Å². The van der Waals surface area contributed by atoms with Gasteiger partial charge in [-0.15, -0.1) is 0 Å². The molecule has 8 nitrogen and oxygen atoms in total. The highest BCUT2D eigenvalue weighted by atomic mass is 16.6. The normalized spacial score (nSPS) is 16.5. The zero-order valence-electron chi connectivity index (χ0n) is 19.1. The van der Waals surface area contributed by atoms with Gasteiger partial charge in [-0.05, 0) is 43.7 Å². The number of rotatable bonds is 4. The Morgan fingerprint density at radius 1 is 1.12 bits per heavy atom. The van der Waals surface area contributed by atoms with Gasteiger partial charge in [-0.3, -0.25) is 4.57 Å². The molecule has 6 rings (SSSR count). The smallest absolute Gasteiger partial charge is 0.335 e. The predicted octanol–water partition coefficient (Wildman–Crippen LogP) is 3.76. The van der Waals surface area contributed by atoms with Crippen LogP contribution in [0.25, 0.3) is 39.0 Å². The van der Waals surface area contributed by atoms with Gasteiger partial charge in [0.2, 0.25) is 0 Å². The molecule has 0 aliphatic carbocycles. The molecule has 8 heteroatoms. The van der Waals surface area contributed by atoms with Crippen LogP contribution in [0.5, 0.6) is 0 Å². The van der Waals surface area contributed by atoms with E-state index in [1.54, 1.807) is 9.13 Å². The summed E-state index contributed by atoms with van der Waals surface area (Å²) in [7, 11) is 0. The molecule has 5 heterocycles. The number of hydrogen-bond donors (Lipinski definition) is 1.